The van der Waals surface area contributed by atoms with E-state index in [1.807, 2.05) is 6.07 Å². The van der Waals surface area contributed by atoms with Crippen LogP contribution < -0.4 is 5.32 Å². The van der Waals surface area contributed by atoms with Crippen LogP contribution >= 0.6 is 0 Å². The van der Waals surface area contributed by atoms with E-state index >= 15 is 0 Å². The van der Waals surface area contributed by atoms with E-state index in [1.54, 1.807) is 13.0 Å². The van der Waals surface area contributed by atoms with Gasteiger partial charge in [0.1, 0.15) is 0 Å². The fourth-order valence-electron chi connectivity index (χ4n) is 1.89. The topological polar surface area (TPSA) is 83.8 Å². The summed E-state index contributed by atoms with van der Waals surface area (Å²) in [6, 6.07) is 3.43. The predicted octanol–water partition coefficient (Wildman–Crippen LogP) is 2.86. The fourth-order valence-corrected chi connectivity index (χ4v) is 1.89. The fraction of sp³-hybridized carbons (Fsp3) is 0.462. The van der Waals surface area contributed by atoms with Gasteiger partial charge in [0.25, 0.3) is 5.91 Å². The van der Waals surface area contributed by atoms with Crippen LogP contribution in [-0.2, 0) is 0 Å². The van der Waals surface area contributed by atoms with Crippen molar-refractivity contribution >= 4 is 11.7 Å². The lowest BCUT2D eigenvalue weighted by molar-refractivity contribution is 0.0987. The summed E-state index contributed by atoms with van der Waals surface area (Å²) in [4.78, 5) is 11.8. The maximum Gasteiger partial charge on any atom is 0.295 e. The van der Waals surface area contributed by atoms with Crippen molar-refractivity contribution in [2.45, 2.75) is 39.5 Å². The minimum atomic E-state index is -0.346. The summed E-state index contributed by atoms with van der Waals surface area (Å²) >= 11 is 0. The number of aromatic nitrogens is 3. The van der Waals surface area contributed by atoms with Crippen LogP contribution in [0.4, 0.5) is 5.82 Å². The van der Waals surface area contributed by atoms with Gasteiger partial charge >= 0.3 is 0 Å². The first kappa shape index (κ1) is 13.3. The number of nitrogens with one attached hydrogen (secondary N) is 2. The molecule has 0 aliphatic rings. The van der Waals surface area contributed by atoms with Gasteiger partial charge in [0.2, 0.25) is 5.76 Å². The third-order valence-corrected chi connectivity index (χ3v) is 2.94. The number of aromatic amines is 1. The van der Waals surface area contributed by atoms with Crippen LogP contribution in [-0.4, -0.2) is 21.3 Å². The van der Waals surface area contributed by atoms with Crippen molar-refractivity contribution in [3.05, 3.63) is 29.3 Å². The van der Waals surface area contributed by atoms with Crippen LogP contribution in [0.25, 0.3) is 0 Å². The lowest BCUT2D eigenvalue weighted by Gasteiger charge is -2.05. The Labute approximate surface area is 111 Å². The first-order valence-corrected chi connectivity index (χ1v) is 6.40. The number of amides is 1. The summed E-state index contributed by atoms with van der Waals surface area (Å²) in [5.74, 6) is 0.734. The number of hydrogen-bond donors (Lipinski definition) is 2. The van der Waals surface area contributed by atoms with Crippen molar-refractivity contribution < 1.29 is 9.32 Å². The van der Waals surface area contributed by atoms with Gasteiger partial charge in [-0.15, -0.1) is 0 Å². The third kappa shape index (κ3) is 3.21. The zero-order valence-electron chi connectivity index (χ0n) is 11.4. The molecule has 0 aliphatic carbocycles. The van der Waals surface area contributed by atoms with Crippen molar-refractivity contribution in [3.63, 3.8) is 0 Å². The Kier molecular flexibility index (Phi) is 3.99. The molecule has 1 amide bonds. The molecule has 0 radical (unpaired) electrons. The number of aryl methyl sites for hydroxylation is 1. The maximum atomic E-state index is 11.8. The van der Waals surface area contributed by atoms with Crippen LogP contribution in [0.3, 0.4) is 0 Å². The van der Waals surface area contributed by atoms with Crippen molar-refractivity contribution in [2.24, 2.45) is 0 Å². The largest absolute Gasteiger partial charge is 0.351 e. The molecule has 6 heteroatoms. The molecule has 0 spiro atoms. The van der Waals surface area contributed by atoms with Crippen molar-refractivity contribution in [2.75, 3.05) is 5.32 Å². The highest BCUT2D eigenvalue weighted by molar-refractivity contribution is 6.01. The summed E-state index contributed by atoms with van der Waals surface area (Å²) in [6.07, 6.45) is 2.19. The van der Waals surface area contributed by atoms with Gasteiger partial charge in [-0.25, -0.2) is 0 Å². The van der Waals surface area contributed by atoms with Crippen LogP contribution in [0.2, 0.25) is 0 Å². The monoisotopic (exact) mass is 262 g/mol. The number of H-pyrrole nitrogens is 1. The Morgan fingerprint density at radius 3 is 2.95 bits per heavy atom. The molecule has 0 aromatic carbocycles. The molecule has 0 aliphatic heterocycles. The molecular weight excluding hydrogens is 244 g/mol. The number of carbonyl (C=O) groups excluding carboxylic acids is 1. The smallest absolute Gasteiger partial charge is 0.295 e. The van der Waals surface area contributed by atoms with Crippen LogP contribution in [0.1, 0.15) is 54.5 Å². The highest BCUT2D eigenvalue weighted by Crippen LogP contribution is 2.20. The van der Waals surface area contributed by atoms with Gasteiger partial charge in [-0.05, 0) is 19.3 Å². The quantitative estimate of drug-likeness (QED) is 0.867. The molecular formula is C13H18N4O2. The molecule has 2 heterocycles. The maximum absolute atomic E-state index is 11.8. The molecule has 0 saturated carbocycles. The number of hydrogen-bond acceptors (Lipinski definition) is 4. The molecule has 1 unspecified atom stereocenters. The first-order chi connectivity index (χ1) is 9.10. The highest BCUT2D eigenvalue weighted by atomic mass is 16.5. The van der Waals surface area contributed by atoms with Crippen LogP contribution in [0, 0.1) is 6.92 Å². The Hall–Kier alpha value is -2.11. The minimum absolute atomic E-state index is 0.184. The molecule has 2 rings (SSSR count). The summed E-state index contributed by atoms with van der Waals surface area (Å²) < 4.78 is 4.89. The van der Waals surface area contributed by atoms with E-state index in [2.05, 4.69) is 34.5 Å². The summed E-state index contributed by atoms with van der Waals surface area (Å²) in [6.45, 7) is 6.03. The molecule has 2 aromatic heterocycles. The van der Waals surface area contributed by atoms with Gasteiger partial charge < -0.3 is 9.84 Å². The van der Waals surface area contributed by atoms with Crippen molar-refractivity contribution in [1.82, 2.24) is 15.4 Å². The van der Waals surface area contributed by atoms with E-state index in [1.165, 1.54) is 0 Å². The second-order valence-electron chi connectivity index (χ2n) is 4.68. The van der Waals surface area contributed by atoms with Gasteiger partial charge in [0, 0.05) is 17.8 Å². The Morgan fingerprint density at radius 1 is 1.53 bits per heavy atom. The molecule has 2 aromatic rings. The molecule has 6 nitrogen and oxygen atoms in total. The van der Waals surface area contributed by atoms with E-state index < -0.39 is 0 Å². The average molecular weight is 262 g/mol. The summed E-state index contributed by atoms with van der Waals surface area (Å²) in [7, 11) is 0. The molecule has 102 valence electrons. The summed E-state index contributed by atoms with van der Waals surface area (Å²) in [5.41, 5.74) is 1.69. The number of nitrogens with zero attached hydrogens (tertiary/aromatic N) is 2. The van der Waals surface area contributed by atoms with Crippen LogP contribution in [0.5, 0.6) is 0 Å². The molecule has 1 atom stereocenters. The van der Waals surface area contributed by atoms with Gasteiger partial charge in [0.05, 0.1) is 5.69 Å². The van der Waals surface area contributed by atoms with Crippen molar-refractivity contribution in [3.8, 4) is 0 Å². The Bertz CT molecular complexity index is 558. The second-order valence-corrected chi connectivity index (χ2v) is 4.68. The normalized spacial score (nSPS) is 12.4. The minimum Gasteiger partial charge on any atom is -0.351 e. The molecule has 0 fully saturated rings. The number of carbonyl (C=O) groups is 1. The van der Waals surface area contributed by atoms with Crippen LogP contribution in [0.15, 0.2) is 16.7 Å². The predicted molar refractivity (Wildman–Crippen MR) is 71.1 cm³/mol. The van der Waals surface area contributed by atoms with Gasteiger partial charge in [-0.1, -0.05) is 25.4 Å². The van der Waals surface area contributed by atoms with Gasteiger partial charge in [-0.3, -0.25) is 9.89 Å². The number of rotatable bonds is 5. The van der Waals surface area contributed by atoms with E-state index in [4.69, 9.17) is 4.52 Å². The van der Waals surface area contributed by atoms with E-state index in [-0.39, 0.29) is 11.7 Å². The SMILES string of the molecule is CCCC(C)c1cc(NC(=O)c2cc(C)no2)n[nH]1. The van der Waals surface area contributed by atoms with Crippen molar-refractivity contribution in [1.29, 1.82) is 0 Å². The van der Waals surface area contributed by atoms with Gasteiger partial charge in [0.15, 0.2) is 5.82 Å². The second kappa shape index (κ2) is 5.69. The molecule has 2 N–H and O–H groups in total. The van der Waals surface area contributed by atoms with E-state index in [0.29, 0.717) is 17.4 Å². The first-order valence-electron chi connectivity index (χ1n) is 6.40. The lowest BCUT2D eigenvalue weighted by atomic mass is 10.0. The van der Waals surface area contributed by atoms with Gasteiger partial charge in [-0.2, -0.15) is 5.10 Å². The zero-order chi connectivity index (χ0) is 13.8. The molecule has 0 bridgehead atoms. The third-order valence-electron chi connectivity index (χ3n) is 2.94. The van der Waals surface area contributed by atoms with E-state index in [9.17, 15) is 4.79 Å². The lowest BCUT2D eigenvalue weighted by Crippen LogP contribution is -2.11. The average Bonchev–Trinajstić information content (AvgIpc) is 2.98. The summed E-state index contributed by atoms with van der Waals surface area (Å²) in [5, 5.41) is 13.4. The standard InChI is InChI=1S/C13H18N4O2/c1-4-5-8(2)10-7-12(16-15-10)14-13(18)11-6-9(3)17-19-11/h6-8H,4-5H2,1-3H3,(H2,14,15,16,18). The Morgan fingerprint density at radius 2 is 2.32 bits per heavy atom. The molecule has 19 heavy (non-hydrogen) atoms. The zero-order valence-corrected chi connectivity index (χ0v) is 11.4. The van der Waals surface area contributed by atoms with E-state index in [0.717, 1.165) is 18.5 Å². The number of anilines is 1. The molecule has 0 saturated heterocycles. The highest BCUT2D eigenvalue weighted by Gasteiger charge is 2.14. The Balaban J connectivity index is 2.02.